The Kier molecular flexibility index (Phi) is 6.95. The standard InChI is InChI=1S/C25H31N3O5S/c1-4-21-25(30)27-20-13-17(3)23(14-22(20)33-21)34(31,32)28-11-9-19(10-12-28)24(29)26-15-18-7-5-16(2)6-8-18/h5-8,13-14,19,21H,4,9-12,15H2,1-3H3,(H,26,29)(H,27,30)/t21-/m0/s1. The number of hydrogen-bond donors (Lipinski definition) is 2. The highest BCUT2D eigenvalue weighted by Gasteiger charge is 2.35. The van der Waals surface area contributed by atoms with Crippen LogP contribution in [-0.4, -0.2) is 43.7 Å². The van der Waals surface area contributed by atoms with Crippen molar-refractivity contribution in [1.82, 2.24) is 9.62 Å². The van der Waals surface area contributed by atoms with E-state index in [9.17, 15) is 18.0 Å². The number of anilines is 1. The van der Waals surface area contributed by atoms with Crippen LogP contribution in [-0.2, 0) is 26.2 Å². The lowest BCUT2D eigenvalue weighted by atomic mass is 9.97. The highest BCUT2D eigenvalue weighted by atomic mass is 32.2. The molecular weight excluding hydrogens is 454 g/mol. The molecule has 2 amide bonds. The van der Waals surface area contributed by atoms with E-state index in [2.05, 4.69) is 10.6 Å². The van der Waals surface area contributed by atoms with E-state index in [0.29, 0.717) is 42.8 Å². The number of rotatable bonds is 6. The van der Waals surface area contributed by atoms with Crippen molar-refractivity contribution in [3.63, 3.8) is 0 Å². The Morgan fingerprint density at radius 3 is 2.47 bits per heavy atom. The number of carbonyl (C=O) groups excluding carboxylic acids is 2. The number of sulfonamides is 1. The van der Waals surface area contributed by atoms with Gasteiger partial charge < -0.3 is 15.4 Å². The van der Waals surface area contributed by atoms with Crippen molar-refractivity contribution in [2.45, 2.75) is 57.6 Å². The molecule has 0 spiro atoms. The number of amides is 2. The molecule has 34 heavy (non-hydrogen) atoms. The predicted molar refractivity (Wildman–Crippen MR) is 129 cm³/mol. The second-order valence-corrected chi connectivity index (χ2v) is 10.9. The SMILES string of the molecule is CC[C@@H]1Oc2cc(S(=O)(=O)N3CCC(C(=O)NCc4ccc(C)cc4)CC3)c(C)cc2NC1=O. The van der Waals surface area contributed by atoms with Gasteiger partial charge in [-0.2, -0.15) is 4.31 Å². The molecule has 0 radical (unpaired) electrons. The number of piperidine rings is 1. The van der Waals surface area contributed by atoms with E-state index in [1.165, 1.54) is 15.9 Å². The van der Waals surface area contributed by atoms with Crippen LogP contribution in [0.25, 0.3) is 0 Å². The molecule has 2 aliphatic heterocycles. The van der Waals surface area contributed by atoms with Crippen LogP contribution < -0.4 is 15.4 Å². The molecule has 4 rings (SSSR count). The van der Waals surface area contributed by atoms with E-state index in [1.807, 2.05) is 38.1 Å². The normalized spacial score (nSPS) is 19.1. The molecule has 9 heteroatoms. The second kappa shape index (κ2) is 9.76. The first-order valence-corrected chi connectivity index (χ1v) is 13.1. The molecule has 0 unspecified atom stereocenters. The summed E-state index contributed by atoms with van der Waals surface area (Å²) in [7, 11) is -3.76. The predicted octanol–water partition coefficient (Wildman–Crippen LogP) is 3.13. The summed E-state index contributed by atoms with van der Waals surface area (Å²) in [6.45, 7) is 6.57. The van der Waals surface area contributed by atoms with E-state index in [0.717, 1.165) is 5.56 Å². The maximum Gasteiger partial charge on any atom is 0.265 e. The molecule has 8 nitrogen and oxygen atoms in total. The summed E-state index contributed by atoms with van der Waals surface area (Å²) >= 11 is 0. The fraction of sp³-hybridized carbons (Fsp3) is 0.440. The summed E-state index contributed by atoms with van der Waals surface area (Å²) in [5.74, 6) is -0.128. The average Bonchev–Trinajstić information content (AvgIpc) is 2.82. The van der Waals surface area contributed by atoms with Crippen LogP contribution in [0.5, 0.6) is 5.75 Å². The minimum absolute atomic E-state index is 0.0441. The Morgan fingerprint density at radius 1 is 1.15 bits per heavy atom. The first-order chi connectivity index (χ1) is 16.2. The van der Waals surface area contributed by atoms with Crippen LogP contribution in [0.3, 0.4) is 0 Å². The Balaban J connectivity index is 1.40. The Hall–Kier alpha value is -2.91. The van der Waals surface area contributed by atoms with E-state index in [4.69, 9.17) is 4.74 Å². The first kappa shape index (κ1) is 24.2. The van der Waals surface area contributed by atoms with Crippen molar-refractivity contribution in [2.24, 2.45) is 5.92 Å². The molecule has 1 fully saturated rings. The van der Waals surface area contributed by atoms with Gasteiger partial charge in [-0.05, 0) is 50.3 Å². The number of carbonyl (C=O) groups is 2. The Morgan fingerprint density at radius 2 is 1.82 bits per heavy atom. The van der Waals surface area contributed by atoms with Crippen LogP contribution in [0.2, 0.25) is 0 Å². The van der Waals surface area contributed by atoms with Crippen LogP contribution in [0.1, 0.15) is 42.9 Å². The fourth-order valence-corrected chi connectivity index (χ4v) is 6.06. The maximum absolute atomic E-state index is 13.4. The molecule has 0 aromatic heterocycles. The average molecular weight is 486 g/mol. The molecule has 0 bridgehead atoms. The highest BCUT2D eigenvalue weighted by molar-refractivity contribution is 7.89. The zero-order chi connectivity index (χ0) is 24.5. The highest BCUT2D eigenvalue weighted by Crippen LogP contribution is 2.36. The zero-order valence-electron chi connectivity index (χ0n) is 19.8. The third-order valence-electron chi connectivity index (χ3n) is 6.50. The van der Waals surface area contributed by atoms with Crippen molar-refractivity contribution in [3.05, 3.63) is 53.1 Å². The number of nitrogens with zero attached hydrogens (tertiary/aromatic N) is 1. The van der Waals surface area contributed by atoms with E-state index < -0.39 is 16.1 Å². The number of hydrogen-bond acceptors (Lipinski definition) is 5. The molecule has 2 aromatic rings. The van der Waals surface area contributed by atoms with Crippen molar-refractivity contribution >= 4 is 27.5 Å². The summed E-state index contributed by atoms with van der Waals surface area (Å²) in [6.07, 6.45) is 0.779. The first-order valence-electron chi connectivity index (χ1n) is 11.6. The van der Waals surface area contributed by atoms with Crippen LogP contribution in [0, 0.1) is 19.8 Å². The van der Waals surface area contributed by atoms with Crippen molar-refractivity contribution in [3.8, 4) is 5.75 Å². The van der Waals surface area contributed by atoms with Gasteiger partial charge in [-0.3, -0.25) is 9.59 Å². The van der Waals surface area contributed by atoms with Gasteiger partial charge in [0.05, 0.1) is 10.6 Å². The van der Waals surface area contributed by atoms with Gasteiger partial charge in [0.25, 0.3) is 5.91 Å². The van der Waals surface area contributed by atoms with E-state index in [-0.39, 0.29) is 35.7 Å². The van der Waals surface area contributed by atoms with Crippen LogP contribution >= 0.6 is 0 Å². The molecule has 0 aliphatic carbocycles. The van der Waals surface area contributed by atoms with Gasteiger partial charge in [-0.15, -0.1) is 0 Å². The fourth-order valence-electron chi connectivity index (χ4n) is 4.37. The molecule has 0 saturated carbocycles. The van der Waals surface area contributed by atoms with Crippen molar-refractivity contribution in [1.29, 1.82) is 0 Å². The van der Waals surface area contributed by atoms with E-state index in [1.54, 1.807) is 13.0 Å². The number of fused-ring (bicyclic) bond motifs is 1. The summed E-state index contributed by atoms with van der Waals surface area (Å²) in [5, 5.41) is 5.76. The third kappa shape index (κ3) is 4.95. The second-order valence-electron chi connectivity index (χ2n) is 9.00. The summed E-state index contributed by atoms with van der Waals surface area (Å²) in [4.78, 5) is 24.9. The number of nitrogens with one attached hydrogen (secondary N) is 2. The number of aryl methyl sites for hydroxylation is 2. The Bertz CT molecular complexity index is 1190. The van der Waals surface area contributed by atoms with E-state index >= 15 is 0 Å². The molecule has 2 aromatic carbocycles. The van der Waals surface area contributed by atoms with Gasteiger partial charge >= 0.3 is 0 Å². The van der Waals surface area contributed by atoms with Crippen molar-refractivity contribution in [2.75, 3.05) is 18.4 Å². The minimum Gasteiger partial charge on any atom is -0.478 e. The zero-order valence-corrected chi connectivity index (χ0v) is 20.6. The number of ether oxygens (including phenoxy) is 1. The molecule has 2 aliphatic rings. The third-order valence-corrected chi connectivity index (χ3v) is 8.54. The topological polar surface area (TPSA) is 105 Å². The summed E-state index contributed by atoms with van der Waals surface area (Å²) < 4.78 is 34.0. The summed E-state index contributed by atoms with van der Waals surface area (Å²) in [6, 6.07) is 11.1. The van der Waals surface area contributed by atoms with Crippen LogP contribution in [0.15, 0.2) is 41.3 Å². The lowest BCUT2D eigenvalue weighted by Gasteiger charge is -2.32. The molecule has 2 heterocycles. The number of benzene rings is 2. The molecule has 182 valence electrons. The summed E-state index contributed by atoms with van der Waals surface area (Å²) in [5.41, 5.74) is 3.22. The van der Waals surface area contributed by atoms with Gasteiger partial charge in [0, 0.05) is 31.6 Å². The van der Waals surface area contributed by atoms with Crippen LogP contribution in [0.4, 0.5) is 5.69 Å². The molecular formula is C25H31N3O5S. The van der Waals surface area contributed by atoms with Gasteiger partial charge in [0.2, 0.25) is 15.9 Å². The van der Waals surface area contributed by atoms with Gasteiger partial charge in [0.15, 0.2) is 6.10 Å². The lowest BCUT2D eigenvalue weighted by Crippen LogP contribution is -2.43. The minimum atomic E-state index is -3.76. The molecule has 1 saturated heterocycles. The van der Waals surface area contributed by atoms with Gasteiger partial charge in [0.1, 0.15) is 5.75 Å². The molecule has 2 N–H and O–H groups in total. The Labute approximate surface area is 200 Å². The van der Waals surface area contributed by atoms with Crippen molar-refractivity contribution < 1.29 is 22.7 Å². The van der Waals surface area contributed by atoms with Gasteiger partial charge in [-0.1, -0.05) is 36.8 Å². The van der Waals surface area contributed by atoms with Gasteiger partial charge in [-0.25, -0.2) is 8.42 Å². The largest absolute Gasteiger partial charge is 0.478 e. The quantitative estimate of drug-likeness (QED) is 0.654. The smallest absolute Gasteiger partial charge is 0.265 e. The lowest BCUT2D eigenvalue weighted by molar-refractivity contribution is -0.126. The monoisotopic (exact) mass is 485 g/mol. The maximum atomic E-state index is 13.4. The molecule has 1 atom stereocenters.